The molecule has 7 nitrogen and oxygen atoms in total. The summed E-state index contributed by atoms with van der Waals surface area (Å²) in [5.74, 6) is 0. The first-order chi connectivity index (χ1) is 11.1. The summed E-state index contributed by atoms with van der Waals surface area (Å²) in [7, 11) is -3.54. The van der Waals surface area contributed by atoms with Gasteiger partial charge in [0.1, 0.15) is 4.90 Å². The highest BCUT2D eigenvalue weighted by molar-refractivity contribution is 7.89. The fourth-order valence-electron chi connectivity index (χ4n) is 3.57. The van der Waals surface area contributed by atoms with Crippen LogP contribution in [0.1, 0.15) is 31.9 Å². The van der Waals surface area contributed by atoms with Crippen LogP contribution in [0, 0.1) is 0 Å². The van der Waals surface area contributed by atoms with Gasteiger partial charge in [0.2, 0.25) is 10.0 Å². The van der Waals surface area contributed by atoms with Crippen LogP contribution in [0.4, 0.5) is 0 Å². The maximum atomic E-state index is 13.0. The Kier molecular flexibility index (Phi) is 4.83. The number of nitrogens with one attached hydrogen (secondary N) is 1. The van der Waals surface area contributed by atoms with Gasteiger partial charge in [0.05, 0.1) is 17.3 Å². The summed E-state index contributed by atoms with van der Waals surface area (Å²) in [5.41, 5.74) is 1.12. The first-order valence-electron chi connectivity index (χ1n) is 8.08. The molecule has 2 aliphatic heterocycles. The quantitative estimate of drug-likeness (QED) is 0.882. The molecule has 132 valence electrons. The lowest BCUT2D eigenvalue weighted by Crippen LogP contribution is -2.59. The van der Waals surface area contributed by atoms with Gasteiger partial charge in [0, 0.05) is 25.2 Å². The van der Waals surface area contributed by atoms with Crippen molar-refractivity contribution in [3.63, 3.8) is 0 Å². The van der Waals surface area contributed by atoms with Crippen LogP contribution < -0.4 is 5.32 Å². The molecule has 2 fully saturated rings. The van der Waals surface area contributed by atoms with Crippen LogP contribution in [-0.2, 0) is 16.4 Å². The van der Waals surface area contributed by atoms with Crippen molar-refractivity contribution in [1.29, 1.82) is 0 Å². The molecule has 0 aromatic carbocycles. The molecule has 2 aromatic rings. The smallest absolute Gasteiger partial charge is 0.258 e. The third-order valence-electron chi connectivity index (χ3n) is 4.78. The van der Waals surface area contributed by atoms with E-state index in [0.29, 0.717) is 30.6 Å². The van der Waals surface area contributed by atoms with Crippen LogP contribution in [0.15, 0.2) is 21.7 Å². The molecule has 1 N–H and O–H groups in total. The molecule has 4 rings (SSSR count). The zero-order chi connectivity index (χ0) is 16.0. The van der Waals surface area contributed by atoms with Gasteiger partial charge in [-0.25, -0.2) is 13.4 Å². The third-order valence-corrected chi connectivity index (χ3v) is 6.57. The minimum absolute atomic E-state index is 0. The second-order valence-corrected chi connectivity index (χ2v) is 8.26. The number of halogens is 1. The minimum Gasteiger partial charge on any atom is -0.336 e. The Morgan fingerprint density at radius 1 is 1.33 bits per heavy atom. The van der Waals surface area contributed by atoms with E-state index in [4.69, 9.17) is 4.52 Å². The first kappa shape index (κ1) is 17.6. The molecular weight excluding hydrogens is 352 g/mol. The number of hydrogen-bond donors (Lipinski definition) is 1. The van der Waals surface area contributed by atoms with Gasteiger partial charge >= 0.3 is 0 Å². The highest BCUT2D eigenvalue weighted by Gasteiger charge is 2.36. The number of fused-ring (bicyclic) bond motifs is 3. The summed E-state index contributed by atoms with van der Waals surface area (Å²) in [6.45, 7) is 3.01. The number of aryl methyl sites for hydroxylation is 1. The molecule has 2 atom stereocenters. The van der Waals surface area contributed by atoms with E-state index in [1.54, 1.807) is 10.4 Å². The molecule has 2 aliphatic rings. The van der Waals surface area contributed by atoms with E-state index in [-0.39, 0.29) is 29.4 Å². The lowest BCUT2D eigenvalue weighted by Gasteiger charge is -2.41. The number of piperidine rings is 1. The van der Waals surface area contributed by atoms with Crippen molar-refractivity contribution in [3.05, 3.63) is 18.0 Å². The van der Waals surface area contributed by atoms with Crippen LogP contribution in [0.25, 0.3) is 11.1 Å². The van der Waals surface area contributed by atoms with Gasteiger partial charge in [0.15, 0.2) is 0 Å². The molecule has 0 amide bonds. The first-order valence-corrected chi connectivity index (χ1v) is 9.52. The monoisotopic (exact) mass is 372 g/mol. The molecule has 24 heavy (non-hydrogen) atoms. The zero-order valence-corrected chi connectivity index (χ0v) is 15.1. The van der Waals surface area contributed by atoms with Gasteiger partial charge in [-0.1, -0.05) is 18.5 Å². The number of sulfonamides is 1. The second-order valence-electron chi connectivity index (χ2n) is 6.32. The third kappa shape index (κ3) is 2.92. The summed E-state index contributed by atoms with van der Waals surface area (Å²) in [4.78, 5) is 4.36. The molecule has 2 bridgehead atoms. The van der Waals surface area contributed by atoms with Gasteiger partial charge in [-0.2, -0.15) is 4.31 Å². The predicted molar refractivity (Wildman–Crippen MR) is 91.8 cm³/mol. The van der Waals surface area contributed by atoms with Gasteiger partial charge < -0.3 is 9.84 Å². The van der Waals surface area contributed by atoms with Crippen molar-refractivity contribution < 1.29 is 12.9 Å². The van der Waals surface area contributed by atoms with Crippen molar-refractivity contribution in [2.24, 2.45) is 0 Å². The maximum Gasteiger partial charge on any atom is 0.258 e. The maximum absolute atomic E-state index is 13.0. The Bertz CT molecular complexity index is 826. The summed E-state index contributed by atoms with van der Waals surface area (Å²) in [5, 5.41) is 8.13. The van der Waals surface area contributed by atoms with Crippen molar-refractivity contribution in [1.82, 2.24) is 19.8 Å². The van der Waals surface area contributed by atoms with Crippen LogP contribution in [0.5, 0.6) is 0 Å². The van der Waals surface area contributed by atoms with Gasteiger partial charge in [-0.05, 0) is 25.3 Å². The van der Waals surface area contributed by atoms with E-state index in [0.717, 1.165) is 18.5 Å². The minimum atomic E-state index is -3.54. The average molecular weight is 373 g/mol. The standard InChI is InChI=1S/C15H20N4O3S.ClH/c1-2-14-13-6-12(7-16-15(13)22-18-14)23(20,21)19-8-10-4-3-5-11(9-19)17-10;/h6-7,10-11,17H,2-5,8-9H2,1H3;1H. The number of nitrogens with zero attached hydrogens (tertiary/aromatic N) is 3. The van der Waals surface area contributed by atoms with Crippen molar-refractivity contribution in [2.75, 3.05) is 13.1 Å². The largest absolute Gasteiger partial charge is 0.336 e. The lowest BCUT2D eigenvalue weighted by atomic mass is 9.96. The predicted octanol–water partition coefficient (Wildman–Crippen LogP) is 1.72. The van der Waals surface area contributed by atoms with Crippen LogP contribution in [-0.4, -0.2) is 48.0 Å². The Balaban J connectivity index is 0.00000169. The lowest BCUT2D eigenvalue weighted by molar-refractivity contribution is 0.190. The average Bonchev–Trinajstić information content (AvgIpc) is 2.96. The number of hydrogen-bond acceptors (Lipinski definition) is 6. The number of piperazine rings is 1. The Labute approximate surface area is 147 Å². The Morgan fingerprint density at radius 2 is 2.04 bits per heavy atom. The second kappa shape index (κ2) is 6.59. The molecule has 0 saturated carbocycles. The van der Waals surface area contributed by atoms with E-state index < -0.39 is 10.0 Å². The van der Waals surface area contributed by atoms with E-state index >= 15 is 0 Å². The molecule has 2 saturated heterocycles. The fraction of sp³-hybridized carbons (Fsp3) is 0.600. The van der Waals surface area contributed by atoms with E-state index in [2.05, 4.69) is 15.5 Å². The van der Waals surface area contributed by atoms with Crippen molar-refractivity contribution >= 4 is 33.5 Å². The number of rotatable bonds is 3. The Hall–Kier alpha value is -1.22. The number of aromatic nitrogens is 2. The molecule has 9 heteroatoms. The molecule has 0 radical (unpaired) electrons. The molecule has 2 unspecified atom stereocenters. The van der Waals surface area contributed by atoms with Crippen LogP contribution >= 0.6 is 12.4 Å². The topological polar surface area (TPSA) is 88.3 Å². The van der Waals surface area contributed by atoms with Gasteiger partial charge in [-0.15, -0.1) is 12.4 Å². The highest BCUT2D eigenvalue weighted by Crippen LogP contribution is 2.27. The SMILES string of the molecule is CCc1noc2ncc(S(=O)(=O)N3CC4CCCC(C3)N4)cc12.Cl. The van der Waals surface area contributed by atoms with E-state index in [1.165, 1.54) is 12.6 Å². The molecule has 0 aliphatic carbocycles. The number of pyridine rings is 1. The fourth-order valence-corrected chi connectivity index (χ4v) is 5.07. The molecular formula is C15H21ClN4O3S. The van der Waals surface area contributed by atoms with Crippen molar-refractivity contribution in [2.45, 2.75) is 49.6 Å². The summed E-state index contributed by atoms with van der Waals surface area (Å²) < 4.78 is 32.7. The summed E-state index contributed by atoms with van der Waals surface area (Å²) in [6.07, 6.45) is 5.29. The molecule has 4 heterocycles. The van der Waals surface area contributed by atoms with E-state index in [9.17, 15) is 8.42 Å². The zero-order valence-electron chi connectivity index (χ0n) is 13.4. The van der Waals surface area contributed by atoms with Crippen LogP contribution in [0.3, 0.4) is 0 Å². The Morgan fingerprint density at radius 3 is 2.71 bits per heavy atom. The molecule has 2 aromatic heterocycles. The highest BCUT2D eigenvalue weighted by atomic mass is 35.5. The van der Waals surface area contributed by atoms with Crippen molar-refractivity contribution in [3.8, 4) is 0 Å². The summed E-state index contributed by atoms with van der Waals surface area (Å²) >= 11 is 0. The summed E-state index contributed by atoms with van der Waals surface area (Å²) in [6, 6.07) is 2.16. The van der Waals surface area contributed by atoms with Gasteiger partial charge in [0.25, 0.3) is 5.71 Å². The van der Waals surface area contributed by atoms with E-state index in [1.807, 2.05) is 6.92 Å². The molecule has 0 spiro atoms. The van der Waals surface area contributed by atoms with Gasteiger partial charge in [-0.3, -0.25) is 0 Å². The van der Waals surface area contributed by atoms with Crippen LogP contribution in [0.2, 0.25) is 0 Å². The normalized spacial score (nSPS) is 24.7.